The second-order valence-corrected chi connectivity index (χ2v) is 6.35. The smallest absolute Gasteiger partial charge is 0.142 e. The maximum absolute atomic E-state index is 13.3. The maximum Gasteiger partial charge on any atom is 0.142 e. The summed E-state index contributed by atoms with van der Waals surface area (Å²) in [6, 6.07) is 12.3. The van der Waals surface area contributed by atoms with Gasteiger partial charge in [-0.25, -0.2) is 4.39 Å². The predicted octanol–water partition coefficient (Wildman–Crippen LogP) is 4.79. The van der Waals surface area contributed by atoms with E-state index in [2.05, 4.69) is 0 Å². The summed E-state index contributed by atoms with van der Waals surface area (Å²) >= 11 is 13.5. The highest BCUT2D eigenvalue weighted by Gasteiger charge is 2.10. The molecule has 20 heavy (non-hydrogen) atoms. The second-order valence-electron chi connectivity index (χ2n) is 4.45. The van der Waals surface area contributed by atoms with Crippen molar-refractivity contribution in [2.24, 2.45) is 5.73 Å². The first-order valence-corrected chi connectivity index (χ1v) is 7.87. The third-order valence-electron chi connectivity index (χ3n) is 2.77. The zero-order valence-corrected chi connectivity index (χ0v) is 13.0. The molecule has 2 rings (SSSR count). The largest absolute Gasteiger partial charge is 0.327 e. The number of halogens is 3. The first kappa shape index (κ1) is 15.6. The summed E-state index contributed by atoms with van der Waals surface area (Å²) in [4.78, 5) is 1.07. The van der Waals surface area contributed by atoms with E-state index in [0.29, 0.717) is 17.2 Å². The summed E-state index contributed by atoms with van der Waals surface area (Å²) in [5.41, 5.74) is 6.82. The van der Waals surface area contributed by atoms with E-state index in [1.54, 1.807) is 23.9 Å². The van der Waals surface area contributed by atoms with E-state index in [1.165, 1.54) is 6.07 Å². The SMILES string of the molecule is NC(CSc1cccc(Cl)c1)Cc1cccc(F)c1Cl. The minimum Gasteiger partial charge on any atom is -0.327 e. The molecule has 0 aliphatic carbocycles. The zero-order chi connectivity index (χ0) is 14.5. The Labute approximate surface area is 132 Å². The highest BCUT2D eigenvalue weighted by atomic mass is 35.5. The van der Waals surface area contributed by atoms with Gasteiger partial charge in [0, 0.05) is 21.7 Å². The van der Waals surface area contributed by atoms with E-state index in [-0.39, 0.29) is 11.1 Å². The Morgan fingerprint density at radius 1 is 1.15 bits per heavy atom. The van der Waals surface area contributed by atoms with E-state index in [4.69, 9.17) is 28.9 Å². The number of benzene rings is 2. The van der Waals surface area contributed by atoms with Gasteiger partial charge in [0.2, 0.25) is 0 Å². The van der Waals surface area contributed by atoms with Crippen molar-refractivity contribution in [1.29, 1.82) is 0 Å². The fourth-order valence-electron chi connectivity index (χ4n) is 1.81. The number of hydrogen-bond acceptors (Lipinski definition) is 2. The van der Waals surface area contributed by atoms with Crippen LogP contribution in [0.4, 0.5) is 4.39 Å². The van der Waals surface area contributed by atoms with Crippen molar-refractivity contribution in [3.8, 4) is 0 Å². The topological polar surface area (TPSA) is 26.0 Å². The molecule has 0 fully saturated rings. The lowest BCUT2D eigenvalue weighted by Crippen LogP contribution is -2.25. The summed E-state index contributed by atoms with van der Waals surface area (Å²) in [6.07, 6.45) is 0.546. The summed E-state index contributed by atoms with van der Waals surface area (Å²) in [5.74, 6) is 0.312. The normalized spacial score (nSPS) is 12.4. The third kappa shape index (κ3) is 4.38. The van der Waals surface area contributed by atoms with Crippen LogP contribution in [0.2, 0.25) is 10.0 Å². The number of nitrogens with two attached hydrogens (primary N) is 1. The molecule has 5 heteroatoms. The molecular weight excluding hydrogens is 316 g/mol. The van der Waals surface area contributed by atoms with Gasteiger partial charge >= 0.3 is 0 Å². The average molecular weight is 330 g/mol. The molecular formula is C15H14Cl2FNS. The zero-order valence-electron chi connectivity index (χ0n) is 10.7. The van der Waals surface area contributed by atoms with Gasteiger partial charge in [0.05, 0.1) is 5.02 Å². The van der Waals surface area contributed by atoms with Crippen molar-refractivity contribution in [1.82, 2.24) is 0 Å². The summed E-state index contributed by atoms with van der Waals surface area (Å²) < 4.78 is 13.3. The molecule has 0 bridgehead atoms. The van der Waals surface area contributed by atoms with Crippen LogP contribution < -0.4 is 5.73 Å². The fraction of sp³-hybridized carbons (Fsp3) is 0.200. The van der Waals surface area contributed by atoms with Crippen molar-refractivity contribution in [2.45, 2.75) is 17.4 Å². The first-order chi connectivity index (χ1) is 9.56. The van der Waals surface area contributed by atoms with Crippen molar-refractivity contribution in [3.63, 3.8) is 0 Å². The molecule has 0 amide bonds. The van der Waals surface area contributed by atoms with Crippen LogP contribution in [0.3, 0.4) is 0 Å². The number of rotatable bonds is 5. The molecule has 0 spiro atoms. The first-order valence-electron chi connectivity index (χ1n) is 6.13. The minimum atomic E-state index is -0.404. The van der Waals surface area contributed by atoms with E-state index >= 15 is 0 Å². The lowest BCUT2D eigenvalue weighted by Gasteiger charge is -2.13. The van der Waals surface area contributed by atoms with Crippen LogP contribution in [-0.2, 0) is 6.42 Å². The summed E-state index contributed by atoms with van der Waals surface area (Å²) in [6.45, 7) is 0. The Hall–Kier alpha value is -0.740. The van der Waals surface area contributed by atoms with Gasteiger partial charge in [0.1, 0.15) is 5.82 Å². The van der Waals surface area contributed by atoms with Crippen LogP contribution in [0, 0.1) is 5.82 Å². The van der Waals surface area contributed by atoms with Gasteiger partial charge in [-0.3, -0.25) is 0 Å². The Morgan fingerprint density at radius 2 is 1.90 bits per heavy atom. The molecule has 1 nitrogen and oxygen atoms in total. The molecule has 0 aliphatic rings. The molecule has 0 heterocycles. The highest BCUT2D eigenvalue weighted by molar-refractivity contribution is 7.99. The van der Waals surface area contributed by atoms with Crippen LogP contribution in [0.15, 0.2) is 47.4 Å². The molecule has 1 atom stereocenters. The van der Waals surface area contributed by atoms with Crippen molar-refractivity contribution < 1.29 is 4.39 Å². The summed E-state index contributed by atoms with van der Waals surface area (Å²) in [7, 11) is 0. The molecule has 0 aromatic heterocycles. The fourth-order valence-corrected chi connectivity index (χ4v) is 3.18. The van der Waals surface area contributed by atoms with Gasteiger partial charge in [0.25, 0.3) is 0 Å². The third-order valence-corrected chi connectivity index (χ3v) is 4.61. The molecule has 2 N–H and O–H groups in total. The Kier molecular flexibility index (Phi) is 5.73. The van der Waals surface area contributed by atoms with Gasteiger partial charge in [0.15, 0.2) is 0 Å². The Morgan fingerprint density at radius 3 is 2.65 bits per heavy atom. The van der Waals surface area contributed by atoms with Gasteiger partial charge in [-0.15, -0.1) is 11.8 Å². The molecule has 2 aromatic rings. The van der Waals surface area contributed by atoms with E-state index in [9.17, 15) is 4.39 Å². The summed E-state index contributed by atoms with van der Waals surface area (Å²) in [5, 5.41) is 0.868. The average Bonchev–Trinajstić information content (AvgIpc) is 2.42. The minimum absolute atomic E-state index is 0.0988. The highest BCUT2D eigenvalue weighted by Crippen LogP contribution is 2.24. The lowest BCUT2D eigenvalue weighted by atomic mass is 10.1. The molecule has 106 valence electrons. The molecule has 0 aliphatic heterocycles. The predicted molar refractivity (Wildman–Crippen MR) is 85.3 cm³/mol. The van der Waals surface area contributed by atoms with Gasteiger partial charge in [-0.1, -0.05) is 41.4 Å². The van der Waals surface area contributed by atoms with Crippen molar-refractivity contribution in [3.05, 3.63) is 63.9 Å². The standard InChI is InChI=1S/C15H14Cl2FNS/c16-11-4-2-5-13(8-11)20-9-12(19)7-10-3-1-6-14(18)15(10)17/h1-6,8,12H,7,9,19H2. The molecule has 2 aromatic carbocycles. The van der Waals surface area contributed by atoms with Gasteiger partial charge in [-0.05, 0) is 36.2 Å². The van der Waals surface area contributed by atoms with Crippen molar-refractivity contribution in [2.75, 3.05) is 5.75 Å². The molecule has 0 radical (unpaired) electrons. The van der Waals surface area contributed by atoms with Crippen LogP contribution in [0.5, 0.6) is 0 Å². The second kappa shape index (κ2) is 7.32. The lowest BCUT2D eigenvalue weighted by molar-refractivity contribution is 0.623. The van der Waals surface area contributed by atoms with Crippen molar-refractivity contribution >= 4 is 35.0 Å². The van der Waals surface area contributed by atoms with Crippen LogP contribution >= 0.6 is 35.0 Å². The van der Waals surface area contributed by atoms with E-state index in [1.807, 2.05) is 24.3 Å². The Bertz CT molecular complexity index is 592. The number of hydrogen-bond donors (Lipinski definition) is 1. The van der Waals surface area contributed by atoms with E-state index < -0.39 is 5.82 Å². The van der Waals surface area contributed by atoms with Crippen LogP contribution in [0.25, 0.3) is 0 Å². The molecule has 1 unspecified atom stereocenters. The quantitative estimate of drug-likeness (QED) is 0.798. The van der Waals surface area contributed by atoms with Crippen LogP contribution in [0.1, 0.15) is 5.56 Å². The molecule has 0 saturated carbocycles. The Balaban J connectivity index is 1.92. The maximum atomic E-state index is 13.3. The van der Waals surface area contributed by atoms with Gasteiger partial charge < -0.3 is 5.73 Å². The number of thioether (sulfide) groups is 1. The van der Waals surface area contributed by atoms with Crippen LogP contribution in [-0.4, -0.2) is 11.8 Å². The van der Waals surface area contributed by atoms with E-state index in [0.717, 1.165) is 10.5 Å². The monoisotopic (exact) mass is 329 g/mol. The molecule has 0 saturated heterocycles. The van der Waals surface area contributed by atoms with Gasteiger partial charge in [-0.2, -0.15) is 0 Å².